The highest BCUT2D eigenvalue weighted by Gasteiger charge is 2.38. The van der Waals surface area contributed by atoms with E-state index in [1.54, 1.807) is 18.3 Å². The quantitative estimate of drug-likeness (QED) is 0.357. The fourth-order valence-electron chi connectivity index (χ4n) is 3.75. The highest BCUT2D eigenvalue weighted by Crippen LogP contribution is 2.29. The van der Waals surface area contributed by atoms with Gasteiger partial charge in [-0.25, -0.2) is 22.9 Å². The second kappa shape index (κ2) is 11.7. The molecule has 0 aliphatic carbocycles. The summed E-state index contributed by atoms with van der Waals surface area (Å²) in [6, 6.07) is 10.4. The maximum absolute atomic E-state index is 12.5. The van der Waals surface area contributed by atoms with E-state index < -0.39 is 22.2 Å². The molecule has 200 valence electrons. The van der Waals surface area contributed by atoms with Crippen molar-refractivity contribution in [3.05, 3.63) is 48.3 Å². The Kier molecular flexibility index (Phi) is 8.89. The minimum absolute atomic E-state index is 0.0304. The van der Waals surface area contributed by atoms with Crippen LogP contribution in [-0.4, -0.2) is 77.8 Å². The highest BCUT2D eigenvalue weighted by atomic mass is 32.2. The molecule has 0 radical (unpaired) electrons. The lowest BCUT2D eigenvalue weighted by Gasteiger charge is -2.14. The zero-order chi connectivity index (χ0) is 27.2. The number of alkyl halides is 3. The number of likely N-dealkylation sites (tertiary alicyclic amines) is 1. The Labute approximate surface area is 210 Å². The van der Waals surface area contributed by atoms with Gasteiger partial charge in [-0.2, -0.15) is 13.2 Å². The van der Waals surface area contributed by atoms with Gasteiger partial charge in [-0.3, -0.25) is 4.79 Å². The van der Waals surface area contributed by atoms with Crippen molar-refractivity contribution in [1.29, 1.82) is 0 Å². The van der Waals surface area contributed by atoms with Gasteiger partial charge >= 0.3 is 12.1 Å². The Morgan fingerprint density at radius 3 is 2.30 bits per heavy atom. The predicted molar refractivity (Wildman–Crippen MR) is 127 cm³/mol. The first-order valence-electron chi connectivity index (χ1n) is 11.2. The molecule has 0 atom stereocenters. The van der Waals surface area contributed by atoms with Crippen LogP contribution in [0.25, 0.3) is 22.2 Å². The number of sulfonamides is 1. The minimum atomic E-state index is -5.08. The molecule has 0 bridgehead atoms. The van der Waals surface area contributed by atoms with Gasteiger partial charge in [0.25, 0.3) is 0 Å². The summed E-state index contributed by atoms with van der Waals surface area (Å²) in [7, 11) is -3.65. The van der Waals surface area contributed by atoms with Crippen molar-refractivity contribution >= 4 is 32.9 Å². The number of aliphatic carboxylic acids is 1. The number of benzene rings is 1. The number of halogens is 3. The second-order valence-corrected chi connectivity index (χ2v) is 9.90. The van der Waals surface area contributed by atoms with Gasteiger partial charge in [0.2, 0.25) is 15.9 Å². The van der Waals surface area contributed by atoms with Gasteiger partial charge in [-0.1, -0.05) is 12.1 Å². The fourth-order valence-corrected chi connectivity index (χ4v) is 4.77. The van der Waals surface area contributed by atoms with E-state index in [4.69, 9.17) is 15.0 Å². The summed E-state index contributed by atoms with van der Waals surface area (Å²) in [4.78, 5) is 31.0. The number of rotatable bonds is 7. The van der Waals surface area contributed by atoms with Gasteiger partial charge in [0, 0.05) is 36.9 Å². The lowest BCUT2D eigenvalue weighted by molar-refractivity contribution is -0.192. The number of carboxylic acid groups (broad SMARTS) is 1. The maximum Gasteiger partial charge on any atom is 0.490 e. The average Bonchev–Trinajstić information content (AvgIpc) is 3.52. The van der Waals surface area contributed by atoms with Crippen LogP contribution in [0.15, 0.2) is 47.5 Å². The summed E-state index contributed by atoms with van der Waals surface area (Å²) in [5, 5.41) is 16.8. The van der Waals surface area contributed by atoms with Crippen molar-refractivity contribution < 1.29 is 41.4 Å². The van der Waals surface area contributed by atoms with E-state index in [0.29, 0.717) is 12.1 Å². The molecule has 14 heteroatoms. The van der Waals surface area contributed by atoms with Crippen LogP contribution in [-0.2, 0) is 26.0 Å². The van der Waals surface area contributed by atoms with Crippen molar-refractivity contribution in [1.82, 2.24) is 19.6 Å². The number of fused-ring (bicyclic) bond motifs is 1. The van der Waals surface area contributed by atoms with Gasteiger partial charge in [0.1, 0.15) is 5.65 Å². The zero-order valence-electron chi connectivity index (χ0n) is 19.5. The minimum Gasteiger partial charge on any atom is -0.475 e. The fraction of sp³-hybridized carbons (Fsp3) is 0.348. The van der Waals surface area contributed by atoms with Gasteiger partial charge in [-0.15, -0.1) is 0 Å². The predicted octanol–water partition coefficient (Wildman–Crippen LogP) is 2.30. The molecule has 1 amide bonds. The van der Waals surface area contributed by atoms with Crippen LogP contribution in [0.2, 0.25) is 0 Å². The molecule has 4 rings (SSSR count). The molecule has 37 heavy (non-hydrogen) atoms. The van der Waals surface area contributed by atoms with Crippen LogP contribution in [0.3, 0.4) is 0 Å². The number of carboxylic acids is 1. The summed E-state index contributed by atoms with van der Waals surface area (Å²) in [6.45, 7) is 1.36. The number of H-pyrrole nitrogens is 1. The van der Waals surface area contributed by atoms with E-state index in [9.17, 15) is 26.4 Å². The molecular weight excluding hydrogens is 517 g/mol. The first-order chi connectivity index (χ1) is 17.4. The molecule has 4 N–H and O–H groups in total. The number of aromatic nitrogens is 2. The molecule has 1 aliphatic rings. The molecule has 1 aliphatic heterocycles. The van der Waals surface area contributed by atoms with Gasteiger partial charge in [-0.05, 0) is 48.2 Å². The van der Waals surface area contributed by atoms with Crippen molar-refractivity contribution in [3.8, 4) is 11.1 Å². The number of hydrogen-bond donors (Lipinski definition) is 4. The molecule has 2 aromatic heterocycles. The molecule has 1 saturated heterocycles. The van der Waals surface area contributed by atoms with Gasteiger partial charge < -0.3 is 20.1 Å². The van der Waals surface area contributed by atoms with Crippen LogP contribution in [0, 0.1) is 0 Å². The van der Waals surface area contributed by atoms with Crippen LogP contribution in [0.1, 0.15) is 18.5 Å². The molecule has 10 nitrogen and oxygen atoms in total. The van der Waals surface area contributed by atoms with E-state index in [1.165, 1.54) is 12.1 Å². The molecular formula is C23H25F3N4O6S. The average molecular weight is 543 g/mol. The molecule has 0 saturated carbocycles. The number of aliphatic hydroxyl groups is 1. The number of hydrogen-bond acceptors (Lipinski definition) is 6. The number of carbonyl (C=O) groups excluding carboxylic acids is 1. The van der Waals surface area contributed by atoms with E-state index in [0.717, 1.165) is 48.1 Å². The number of aliphatic hydroxyl groups excluding tert-OH is 1. The van der Waals surface area contributed by atoms with E-state index in [1.807, 2.05) is 17.0 Å². The lowest BCUT2D eigenvalue weighted by atomic mass is 10.0. The van der Waals surface area contributed by atoms with E-state index in [-0.39, 0.29) is 24.0 Å². The molecule has 3 heterocycles. The SMILES string of the molecule is O=C(Cc1cc2c(-c3ccc(S(=O)(=O)NCCO)cc3)ccnc2[nH]1)N1CCCC1.O=C(O)C(F)(F)F. The summed E-state index contributed by atoms with van der Waals surface area (Å²) in [6.07, 6.45) is -0.964. The number of aromatic amines is 1. The van der Waals surface area contributed by atoms with Crippen LogP contribution in [0.4, 0.5) is 13.2 Å². The smallest absolute Gasteiger partial charge is 0.475 e. The molecule has 1 aromatic carbocycles. The van der Waals surface area contributed by atoms with Crippen LogP contribution in [0.5, 0.6) is 0 Å². The Bertz CT molecular complexity index is 1350. The monoisotopic (exact) mass is 542 g/mol. The van der Waals surface area contributed by atoms with Gasteiger partial charge in [0.05, 0.1) is 17.9 Å². The topological polar surface area (TPSA) is 153 Å². The highest BCUT2D eigenvalue weighted by molar-refractivity contribution is 7.89. The normalized spacial score (nSPS) is 13.9. The summed E-state index contributed by atoms with van der Waals surface area (Å²) >= 11 is 0. The van der Waals surface area contributed by atoms with Crippen LogP contribution < -0.4 is 4.72 Å². The van der Waals surface area contributed by atoms with E-state index in [2.05, 4.69) is 14.7 Å². The zero-order valence-corrected chi connectivity index (χ0v) is 20.3. The Morgan fingerprint density at radius 1 is 1.11 bits per heavy atom. The van der Waals surface area contributed by atoms with Crippen molar-refractivity contribution in [3.63, 3.8) is 0 Å². The third kappa shape index (κ3) is 7.27. The molecule has 1 fully saturated rings. The standard InChI is InChI=1S/C21H24N4O4S.C2HF3O2/c26-12-9-23-30(28,29)17-5-3-15(4-6-17)18-7-8-22-21-19(18)13-16(24-21)14-20(27)25-10-1-2-11-25;3-2(4,5)1(6)7/h3-8,13,23,26H,1-2,9-12,14H2,(H,22,24);(H,6,7). The third-order valence-electron chi connectivity index (χ3n) is 5.51. The summed E-state index contributed by atoms with van der Waals surface area (Å²) in [5.74, 6) is -2.64. The first-order valence-corrected chi connectivity index (χ1v) is 12.7. The summed E-state index contributed by atoms with van der Waals surface area (Å²) in [5.41, 5.74) is 3.26. The lowest BCUT2D eigenvalue weighted by Crippen LogP contribution is -2.29. The number of nitrogens with zero attached hydrogens (tertiary/aromatic N) is 2. The number of amides is 1. The van der Waals surface area contributed by atoms with Crippen molar-refractivity contribution in [2.45, 2.75) is 30.3 Å². The number of nitrogens with one attached hydrogen (secondary N) is 2. The van der Waals surface area contributed by atoms with Crippen LogP contribution >= 0.6 is 0 Å². The molecule has 3 aromatic rings. The second-order valence-electron chi connectivity index (χ2n) is 8.13. The molecule has 0 unspecified atom stereocenters. The van der Waals surface area contributed by atoms with Gasteiger partial charge in [0.15, 0.2) is 0 Å². The maximum atomic E-state index is 12.5. The van der Waals surface area contributed by atoms with Crippen molar-refractivity contribution in [2.24, 2.45) is 0 Å². The Hall–Kier alpha value is -3.49. The van der Waals surface area contributed by atoms with Crippen molar-refractivity contribution in [2.75, 3.05) is 26.2 Å². The Morgan fingerprint density at radius 2 is 1.73 bits per heavy atom. The summed E-state index contributed by atoms with van der Waals surface area (Å²) < 4.78 is 58.5. The largest absolute Gasteiger partial charge is 0.490 e. The number of carbonyl (C=O) groups is 2. The number of pyridine rings is 1. The van der Waals surface area contributed by atoms with E-state index >= 15 is 0 Å². The molecule has 0 spiro atoms. The third-order valence-corrected chi connectivity index (χ3v) is 6.99. The Balaban J connectivity index is 0.000000479. The first kappa shape index (κ1) is 28.1.